The minimum atomic E-state index is -2.84. The molecule has 2 fully saturated rings. The Hall–Kier alpha value is -0.0900. The molecule has 2 aliphatic rings. The predicted molar refractivity (Wildman–Crippen MR) is 70.8 cm³/mol. The van der Waals surface area contributed by atoms with Gasteiger partial charge in [0, 0.05) is 18.3 Å². The number of piperidine rings is 1. The fourth-order valence-corrected chi connectivity index (χ4v) is 4.67. The molecular weight excluding hydrogens is 234 g/mol. The van der Waals surface area contributed by atoms with Crippen LogP contribution >= 0.6 is 0 Å². The summed E-state index contributed by atoms with van der Waals surface area (Å²) in [6.07, 6.45) is 9.21. The maximum Gasteiger partial charge on any atom is 0.150 e. The van der Waals surface area contributed by atoms with Crippen molar-refractivity contribution in [3.05, 3.63) is 0 Å². The average Bonchev–Trinajstić information content (AvgIpc) is 2.28. The van der Waals surface area contributed by atoms with E-state index in [2.05, 4.69) is 12.2 Å². The number of sulfone groups is 1. The molecule has 2 rings (SSSR count). The molecule has 0 spiro atoms. The van der Waals surface area contributed by atoms with Crippen LogP contribution in [0.5, 0.6) is 0 Å². The van der Waals surface area contributed by atoms with E-state index in [1.165, 1.54) is 31.9 Å². The molecule has 0 bridgehead atoms. The lowest BCUT2D eigenvalue weighted by atomic mass is 9.80. The quantitative estimate of drug-likeness (QED) is 0.826. The highest BCUT2D eigenvalue weighted by atomic mass is 32.2. The highest BCUT2D eigenvalue weighted by molar-refractivity contribution is 7.91. The SMILES string of the molecule is CC1CCCC(C2CCCC(S(C)(=O)=O)C2)N1. The van der Waals surface area contributed by atoms with Crippen LogP contribution in [-0.4, -0.2) is 32.0 Å². The third kappa shape index (κ3) is 3.44. The van der Waals surface area contributed by atoms with Gasteiger partial charge in [-0.2, -0.15) is 0 Å². The second-order valence-corrected chi connectivity index (χ2v) is 8.31. The summed E-state index contributed by atoms with van der Waals surface area (Å²) in [5.41, 5.74) is 0. The zero-order valence-electron chi connectivity index (χ0n) is 11.0. The molecule has 4 unspecified atom stereocenters. The van der Waals surface area contributed by atoms with Crippen molar-refractivity contribution in [2.75, 3.05) is 6.26 Å². The Morgan fingerprint density at radius 1 is 1.06 bits per heavy atom. The van der Waals surface area contributed by atoms with E-state index >= 15 is 0 Å². The summed E-state index contributed by atoms with van der Waals surface area (Å²) in [6.45, 7) is 2.24. The van der Waals surface area contributed by atoms with Crippen molar-refractivity contribution in [2.45, 2.75) is 69.2 Å². The first-order valence-electron chi connectivity index (χ1n) is 6.91. The van der Waals surface area contributed by atoms with Gasteiger partial charge < -0.3 is 5.32 Å². The third-order valence-corrected chi connectivity index (χ3v) is 6.13. The average molecular weight is 259 g/mol. The molecule has 4 atom stereocenters. The minimum Gasteiger partial charge on any atom is -0.311 e. The van der Waals surface area contributed by atoms with Crippen molar-refractivity contribution in [2.24, 2.45) is 5.92 Å². The van der Waals surface area contributed by atoms with Crippen molar-refractivity contribution in [1.82, 2.24) is 5.32 Å². The monoisotopic (exact) mass is 259 g/mol. The van der Waals surface area contributed by atoms with Crippen LogP contribution in [0.25, 0.3) is 0 Å². The van der Waals surface area contributed by atoms with Gasteiger partial charge in [0.2, 0.25) is 0 Å². The Balaban J connectivity index is 1.97. The molecule has 0 aromatic carbocycles. The van der Waals surface area contributed by atoms with Crippen molar-refractivity contribution in [3.63, 3.8) is 0 Å². The van der Waals surface area contributed by atoms with E-state index in [4.69, 9.17) is 0 Å². The van der Waals surface area contributed by atoms with Crippen LogP contribution < -0.4 is 5.32 Å². The molecule has 3 nitrogen and oxygen atoms in total. The molecule has 1 aliphatic carbocycles. The number of nitrogens with one attached hydrogen (secondary N) is 1. The van der Waals surface area contributed by atoms with Gasteiger partial charge in [0.05, 0.1) is 5.25 Å². The zero-order valence-corrected chi connectivity index (χ0v) is 11.8. The molecule has 17 heavy (non-hydrogen) atoms. The smallest absolute Gasteiger partial charge is 0.150 e. The predicted octanol–water partition coefficient (Wildman–Crippen LogP) is 2.12. The Morgan fingerprint density at radius 3 is 2.41 bits per heavy atom. The van der Waals surface area contributed by atoms with Crippen LogP contribution in [0, 0.1) is 5.92 Å². The molecule has 100 valence electrons. The van der Waals surface area contributed by atoms with Gasteiger partial charge in [-0.05, 0) is 44.9 Å². The molecular formula is C13H25NO2S. The van der Waals surface area contributed by atoms with Crippen LogP contribution in [-0.2, 0) is 9.84 Å². The van der Waals surface area contributed by atoms with E-state index in [0.29, 0.717) is 18.0 Å². The van der Waals surface area contributed by atoms with Gasteiger partial charge in [0.1, 0.15) is 9.84 Å². The number of hydrogen-bond donors (Lipinski definition) is 1. The Labute approximate surface area is 105 Å². The maximum atomic E-state index is 11.7. The third-order valence-electron chi connectivity index (χ3n) is 4.49. The van der Waals surface area contributed by atoms with Crippen LogP contribution in [0.15, 0.2) is 0 Å². The van der Waals surface area contributed by atoms with Crippen LogP contribution in [0.3, 0.4) is 0 Å². The van der Waals surface area contributed by atoms with Crippen molar-refractivity contribution in [1.29, 1.82) is 0 Å². The molecule has 0 amide bonds. The molecule has 0 aromatic rings. The summed E-state index contributed by atoms with van der Waals surface area (Å²) in [7, 11) is -2.84. The maximum absolute atomic E-state index is 11.7. The second kappa shape index (κ2) is 5.27. The van der Waals surface area contributed by atoms with E-state index in [0.717, 1.165) is 19.3 Å². The highest BCUT2D eigenvalue weighted by Crippen LogP contribution is 2.33. The summed E-state index contributed by atoms with van der Waals surface area (Å²) in [4.78, 5) is 0. The molecule has 1 saturated heterocycles. The number of rotatable bonds is 2. The van der Waals surface area contributed by atoms with E-state index < -0.39 is 9.84 Å². The fourth-order valence-electron chi connectivity index (χ4n) is 3.48. The summed E-state index contributed by atoms with van der Waals surface area (Å²) in [5.74, 6) is 0.575. The molecule has 0 radical (unpaired) electrons. The summed E-state index contributed by atoms with van der Waals surface area (Å²) in [6, 6.07) is 1.16. The summed E-state index contributed by atoms with van der Waals surface area (Å²) < 4.78 is 23.3. The molecule has 1 aliphatic heterocycles. The molecule has 1 heterocycles. The van der Waals surface area contributed by atoms with Gasteiger partial charge in [-0.3, -0.25) is 0 Å². The van der Waals surface area contributed by atoms with Crippen molar-refractivity contribution in [3.8, 4) is 0 Å². The summed E-state index contributed by atoms with van der Waals surface area (Å²) in [5, 5.41) is 3.58. The van der Waals surface area contributed by atoms with Crippen molar-refractivity contribution >= 4 is 9.84 Å². The van der Waals surface area contributed by atoms with Gasteiger partial charge in [-0.15, -0.1) is 0 Å². The largest absolute Gasteiger partial charge is 0.311 e. The van der Waals surface area contributed by atoms with Gasteiger partial charge in [-0.1, -0.05) is 12.8 Å². The van der Waals surface area contributed by atoms with Gasteiger partial charge in [0.25, 0.3) is 0 Å². The van der Waals surface area contributed by atoms with Gasteiger partial charge in [0.15, 0.2) is 0 Å². The zero-order chi connectivity index (χ0) is 12.5. The van der Waals surface area contributed by atoms with Gasteiger partial charge >= 0.3 is 0 Å². The van der Waals surface area contributed by atoms with Crippen LogP contribution in [0.4, 0.5) is 0 Å². The van der Waals surface area contributed by atoms with Crippen LogP contribution in [0.1, 0.15) is 51.9 Å². The number of hydrogen-bond acceptors (Lipinski definition) is 3. The van der Waals surface area contributed by atoms with E-state index in [-0.39, 0.29) is 5.25 Å². The fraction of sp³-hybridized carbons (Fsp3) is 1.00. The van der Waals surface area contributed by atoms with E-state index in [9.17, 15) is 8.42 Å². The Bertz CT molecular complexity index is 352. The first-order valence-corrected chi connectivity index (χ1v) is 8.87. The lowest BCUT2D eigenvalue weighted by Gasteiger charge is -2.38. The lowest BCUT2D eigenvalue weighted by Crippen LogP contribution is -2.47. The molecule has 0 aromatic heterocycles. The first-order chi connectivity index (χ1) is 7.97. The Morgan fingerprint density at radius 2 is 1.76 bits per heavy atom. The van der Waals surface area contributed by atoms with E-state index in [1.807, 2.05) is 0 Å². The molecule has 1 N–H and O–H groups in total. The summed E-state index contributed by atoms with van der Waals surface area (Å²) >= 11 is 0. The lowest BCUT2D eigenvalue weighted by molar-refractivity contribution is 0.211. The topological polar surface area (TPSA) is 46.2 Å². The molecule has 1 saturated carbocycles. The second-order valence-electron chi connectivity index (χ2n) is 5.98. The minimum absolute atomic E-state index is 0.0831. The normalized spacial score (nSPS) is 40.1. The van der Waals surface area contributed by atoms with Gasteiger partial charge in [-0.25, -0.2) is 8.42 Å². The first kappa shape index (κ1) is 13.3. The Kier molecular flexibility index (Phi) is 4.14. The van der Waals surface area contributed by atoms with Crippen LogP contribution in [0.2, 0.25) is 0 Å². The highest BCUT2D eigenvalue weighted by Gasteiger charge is 2.34. The van der Waals surface area contributed by atoms with Crippen molar-refractivity contribution < 1.29 is 8.42 Å². The van der Waals surface area contributed by atoms with E-state index in [1.54, 1.807) is 0 Å². The molecule has 4 heteroatoms. The standard InChI is InChI=1S/C13H25NO2S/c1-10-5-3-8-13(14-10)11-6-4-7-12(9-11)17(2,15)16/h10-14H,3-9H2,1-2H3.